The smallest absolute Gasteiger partial charge is 0.200 e. The molecule has 0 radical (unpaired) electrons. The molecule has 0 amide bonds. The molecule has 1 heterocycles. The summed E-state index contributed by atoms with van der Waals surface area (Å²) >= 11 is 5.60. The third-order valence-corrected chi connectivity index (χ3v) is 3.08. The lowest BCUT2D eigenvalue weighted by Crippen LogP contribution is -1.96. The molecule has 1 aromatic heterocycles. The van der Waals surface area contributed by atoms with Crippen LogP contribution in [-0.4, -0.2) is 13.4 Å². The lowest BCUT2D eigenvalue weighted by molar-refractivity contribution is 0.604. The van der Waals surface area contributed by atoms with E-state index in [4.69, 9.17) is 11.6 Å². The Hall–Kier alpha value is -0.870. The predicted octanol–water partition coefficient (Wildman–Crippen LogP) is 1.65. The predicted molar refractivity (Wildman–Crippen MR) is 46.6 cm³/mol. The lowest BCUT2D eigenvalue weighted by atomic mass is 10.5. The topological polar surface area (TPSA) is 47.0 Å². The minimum absolute atomic E-state index is 0.0363. The van der Waals surface area contributed by atoms with E-state index in [9.17, 15) is 8.42 Å². The minimum atomic E-state index is -3.44. The van der Waals surface area contributed by atoms with Crippen LogP contribution in [0.25, 0.3) is 0 Å². The van der Waals surface area contributed by atoms with Crippen molar-refractivity contribution in [1.82, 2.24) is 4.98 Å². The molecule has 0 aliphatic carbocycles. The number of rotatable bonds is 2. The molecule has 1 rings (SSSR count). The summed E-state index contributed by atoms with van der Waals surface area (Å²) in [4.78, 5) is 3.70. The molecule has 0 spiro atoms. The number of aromatic nitrogens is 1. The third kappa shape index (κ3) is 1.65. The van der Waals surface area contributed by atoms with E-state index in [0.29, 0.717) is 0 Å². The van der Waals surface area contributed by atoms with Crippen molar-refractivity contribution in [3.8, 4) is 0 Å². The summed E-state index contributed by atoms with van der Waals surface area (Å²) in [5.74, 6) is 0. The van der Waals surface area contributed by atoms with Crippen LogP contribution < -0.4 is 0 Å². The highest BCUT2D eigenvalue weighted by atomic mass is 35.5. The Balaban J connectivity index is 3.39. The molecule has 0 aromatic carbocycles. The largest absolute Gasteiger partial charge is 0.263 e. The van der Waals surface area contributed by atoms with E-state index in [1.807, 2.05) is 0 Å². The van der Waals surface area contributed by atoms with E-state index in [2.05, 4.69) is 11.6 Å². The Morgan fingerprint density at radius 3 is 2.75 bits per heavy atom. The molecule has 0 bridgehead atoms. The number of hydrogen-bond acceptors (Lipinski definition) is 3. The van der Waals surface area contributed by atoms with Gasteiger partial charge in [0, 0.05) is 17.8 Å². The van der Waals surface area contributed by atoms with Crippen molar-refractivity contribution in [3.63, 3.8) is 0 Å². The van der Waals surface area contributed by atoms with Gasteiger partial charge in [0.15, 0.2) is 0 Å². The summed E-state index contributed by atoms with van der Waals surface area (Å²) < 4.78 is 22.4. The molecule has 0 saturated carbocycles. The van der Waals surface area contributed by atoms with Crippen LogP contribution in [0.4, 0.5) is 0 Å². The maximum atomic E-state index is 11.2. The summed E-state index contributed by atoms with van der Waals surface area (Å²) in [6, 6.07) is 1.33. The molecule has 0 aliphatic rings. The van der Waals surface area contributed by atoms with Gasteiger partial charge in [-0.1, -0.05) is 18.2 Å². The summed E-state index contributed by atoms with van der Waals surface area (Å²) in [6.07, 6.45) is 2.64. The van der Waals surface area contributed by atoms with Crippen LogP contribution in [0, 0.1) is 0 Å². The molecule has 0 saturated heterocycles. The van der Waals surface area contributed by atoms with Gasteiger partial charge in [-0.3, -0.25) is 4.98 Å². The molecule has 0 unspecified atom stereocenters. The highest BCUT2D eigenvalue weighted by molar-refractivity contribution is 7.94. The van der Waals surface area contributed by atoms with E-state index in [1.165, 1.54) is 18.5 Å². The van der Waals surface area contributed by atoms with Crippen molar-refractivity contribution >= 4 is 21.4 Å². The van der Waals surface area contributed by atoms with Gasteiger partial charge in [0.1, 0.15) is 0 Å². The van der Waals surface area contributed by atoms with Gasteiger partial charge in [-0.05, 0) is 6.07 Å². The Morgan fingerprint density at radius 2 is 2.25 bits per heavy atom. The van der Waals surface area contributed by atoms with Gasteiger partial charge in [0.05, 0.1) is 9.92 Å². The van der Waals surface area contributed by atoms with Crippen LogP contribution in [0.15, 0.2) is 35.3 Å². The van der Waals surface area contributed by atoms with Gasteiger partial charge in [-0.2, -0.15) is 0 Å². The first-order valence-corrected chi connectivity index (χ1v) is 4.97. The first-order chi connectivity index (χ1) is 5.58. The molecule has 0 fully saturated rings. The zero-order chi connectivity index (χ0) is 9.19. The van der Waals surface area contributed by atoms with Crippen LogP contribution in [-0.2, 0) is 9.84 Å². The second kappa shape index (κ2) is 3.25. The van der Waals surface area contributed by atoms with Gasteiger partial charge in [-0.15, -0.1) is 0 Å². The summed E-state index contributed by atoms with van der Waals surface area (Å²) in [6.45, 7) is 3.18. The number of hydrogen-bond donors (Lipinski definition) is 0. The SMILES string of the molecule is C=CS(=O)(=O)c1ccncc1Cl. The fraction of sp³-hybridized carbons (Fsp3) is 0. The standard InChI is InChI=1S/C7H6ClNO2S/c1-2-12(10,11)7-3-4-9-5-6(7)8/h2-5H,1H2. The van der Waals surface area contributed by atoms with Crippen molar-refractivity contribution in [2.24, 2.45) is 0 Å². The third-order valence-electron chi connectivity index (χ3n) is 1.26. The quantitative estimate of drug-likeness (QED) is 0.735. The Bertz CT molecular complexity index is 400. The fourth-order valence-electron chi connectivity index (χ4n) is 0.683. The van der Waals surface area contributed by atoms with Crippen molar-refractivity contribution in [1.29, 1.82) is 0 Å². The van der Waals surface area contributed by atoms with Gasteiger partial charge < -0.3 is 0 Å². The molecule has 0 atom stereocenters. The van der Waals surface area contributed by atoms with Crippen LogP contribution in [0.1, 0.15) is 0 Å². The van der Waals surface area contributed by atoms with Crippen molar-refractivity contribution in [2.45, 2.75) is 4.90 Å². The van der Waals surface area contributed by atoms with E-state index >= 15 is 0 Å². The molecule has 5 heteroatoms. The zero-order valence-corrected chi connectivity index (χ0v) is 7.64. The average Bonchev–Trinajstić information content (AvgIpc) is 2.05. The fourth-order valence-corrected chi connectivity index (χ4v) is 1.88. The van der Waals surface area contributed by atoms with Crippen molar-refractivity contribution in [2.75, 3.05) is 0 Å². The van der Waals surface area contributed by atoms with Gasteiger partial charge in [-0.25, -0.2) is 8.42 Å². The molecule has 0 N–H and O–H groups in total. The van der Waals surface area contributed by atoms with Gasteiger partial charge in [0.25, 0.3) is 0 Å². The minimum Gasteiger partial charge on any atom is -0.263 e. The summed E-state index contributed by atoms with van der Waals surface area (Å²) in [7, 11) is -3.44. The monoisotopic (exact) mass is 203 g/mol. The first-order valence-electron chi connectivity index (χ1n) is 3.05. The van der Waals surface area contributed by atoms with Crippen molar-refractivity contribution in [3.05, 3.63) is 35.5 Å². The highest BCUT2D eigenvalue weighted by Crippen LogP contribution is 2.20. The Kier molecular flexibility index (Phi) is 2.49. The zero-order valence-electron chi connectivity index (χ0n) is 6.07. The maximum absolute atomic E-state index is 11.2. The Morgan fingerprint density at radius 1 is 1.58 bits per heavy atom. The first kappa shape index (κ1) is 9.22. The molecule has 1 aromatic rings. The molecular weight excluding hydrogens is 198 g/mol. The van der Waals surface area contributed by atoms with Crippen LogP contribution in [0.3, 0.4) is 0 Å². The van der Waals surface area contributed by atoms with Crippen molar-refractivity contribution < 1.29 is 8.42 Å². The number of nitrogens with zero attached hydrogens (tertiary/aromatic N) is 1. The van der Waals surface area contributed by atoms with E-state index < -0.39 is 9.84 Å². The Labute approximate surface area is 75.6 Å². The summed E-state index contributed by atoms with van der Waals surface area (Å²) in [5, 5.41) is 0.964. The van der Waals surface area contributed by atoms with Gasteiger partial charge >= 0.3 is 0 Å². The van der Waals surface area contributed by atoms with Crippen LogP contribution in [0.2, 0.25) is 5.02 Å². The maximum Gasteiger partial charge on any atom is 0.200 e. The van der Waals surface area contributed by atoms with E-state index in [0.717, 1.165) is 5.41 Å². The normalized spacial score (nSPS) is 11.1. The van der Waals surface area contributed by atoms with E-state index in [-0.39, 0.29) is 9.92 Å². The highest BCUT2D eigenvalue weighted by Gasteiger charge is 2.12. The molecule has 0 aliphatic heterocycles. The van der Waals surface area contributed by atoms with Crippen LogP contribution in [0.5, 0.6) is 0 Å². The van der Waals surface area contributed by atoms with Gasteiger partial charge in [0.2, 0.25) is 9.84 Å². The van der Waals surface area contributed by atoms with Crippen LogP contribution >= 0.6 is 11.6 Å². The number of pyridine rings is 1. The molecular formula is C7H6ClNO2S. The number of halogens is 1. The number of sulfone groups is 1. The molecule has 12 heavy (non-hydrogen) atoms. The molecule has 64 valence electrons. The summed E-state index contributed by atoms with van der Waals surface area (Å²) in [5.41, 5.74) is 0. The lowest BCUT2D eigenvalue weighted by Gasteiger charge is -1.98. The van der Waals surface area contributed by atoms with E-state index in [1.54, 1.807) is 0 Å². The molecule has 3 nitrogen and oxygen atoms in total. The second-order valence-electron chi connectivity index (χ2n) is 2.02. The second-order valence-corrected chi connectivity index (χ2v) is 4.29. The average molecular weight is 204 g/mol.